The highest BCUT2D eigenvalue weighted by Crippen LogP contribution is 2.34. The van der Waals surface area contributed by atoms with E-state index >= 15 is 0 Å². The van der Waals surface area contributed by atoms with E-state index in [4.69, 9.17) is 14.2 Å². The molecule has 0 atom stereocenters. The molecule has 0 saturated heterocycles. The molecule has 7 nitrogen and oxygen atoms in total. The van der Waals surface area contributed by atoms with Gasteiger partial charge in [0, 0.05) is 16.8 Å². The van der Waals surface area contributed by atoms with Gasteiger partial charge in [-0.2, -0.15) is 0 Å². The van der Waals surface area contributed by atoms with Crippen molar-refractivity contribution in [2.24, 2.45) is 0 Å². The van der Waals surface area contributed by atoms with Gasteiger partial charge in [0.1, 0.15) is 11.5 Å². The molecule has 1 N–H and O–H groups in total. The Balaban J connectivity index is 2.24. The Morgan fingerprint density at radius 3 is 2.29 bits per heavy atom. The third-order valence-corrected chi connectivity index (χ3v) is 4.61. The smallest absolute Gasteiger partial charge is 0.340 e. The van der Waals surface area contributed by atoms with Crippen molar-refractivity contribution in [3.05, 3.63) is 53.7 Å². The lowest BCUT2D eigenvalue weighted by molar-refractivity contribution is -0.142. The number of phenols is 1. The molecule has 0 unspecified atom stereocenters. The van der Waals surface area contributed by atoms with Crippen LogP contribution in [0.15, 0.2) is 42.5 Å². The summed E-state index contributed by atoms with van der Waals surface area (Å²) in [4.78, 5) is 25.3. The summed E-state index contributed by atoms with van der Waals surface area (Å²) >= 11 is 0. The van der Waals surface area contributed by atoms with Crippen molar-refractivity contribution in [2.75, 3.05) is 13.2 Å². The molecule has 3 aromatic rings. The number of carbonyl (C=O) groups excluding carboxylic acids is 2. The summed E-state index contributed by atoms with van der Waals surface area (Å²) in [6, 6.07) is 12.1. The average Bonchev–Trinajstić information content (AvgIpc) is 3.01. The molecule has 0 fully saturated rings. The van der Waals surface area contributed by atoms with Crippen LogP contribution in [-0.4, -0.2) is 40.9 Å². The quantitative estimate of drug-likeness (QED) is 0.538. The van der Waals surface area contributed by atoms with E-state index in [9.17, 15) is 14.7 Å². The zero-order valence-corrected chi connectivity index (χ0v) is 18.2. The standard InChI is InChI=1S/C24H27NO6/c1-5-29-22(27)14-21-23(24(28)30-6-2)19-13-17(26)9-12-20(19)25(21)16-7-10-18(11-8-16)31-15(3)4/h7-13,15,26H,5-6,14H2,1-4H3. The van der Waals surface area contributed by atoms with E-state index in [1.165, 1.54) is 12.1 Å². The van der Waals surface area contributed by atoms with E-state index in [2.05, 4.69) is 0 Å². The molecule has 1 heterocycles. The molecule has 164 valence electrons. The number of aromatic hydroxyl groups is 1. The Morgan fingerprint density at radius 1 is 1.00 bits per heavy atom. The first-order valence-electron chi connectivity index (χ1n) is 10.3. The summed E-state index contributed by atoms with van der Waals surface area (Å²) < 4.78 is 17.9. The number of phenolic OH excluding ortho intramolecular Hbond substituents is 1. The molecule has 7 heteroatoms. The number of fused-ring (bicyclic) bond motifs is 1. The fourth-order valence-corrected chi connectivity index (χ4v) is 3.52. The molecule has 0 saturated carbocycles. The molecule has 1 aromatic heterocycles. The Hall–Kier alpha value is -3.48. The average molecular weight is 425 g/mol. The van der Waals surface area contributed by atoms with Crippen molar-refractivity contribution in [3.8, 4) is 17.2 Å². The van der Waals surface area contributed by atoms with Crippen molar-refractivity contribution < 1.29 is 28.9 Å². The largest absolute Gasteiger partial charge is 0.508 e. The van der Waals surface area contributed by atoms with Gasteiger partial charge in [-0.05, 0) is 70.2 Å². The summed E-state index contributed by atoms with van der Waals surface area (Å²) in [5.41, 5.74) is 2.08. The van der Waals surface area contributed by atoms with E-state index in [0.717, 1.165) is 5.69 Å². The van der Waals surface area contributed by atoms with Gasteiger partial charge >= 0.3 is 11.9 Å². The van der Waals surface area contributed by atoms with Crippen LogP contribution in [0, 0.1) is 0 Å². The van der Waals surface area contributed by atoms with Gasteiger partial charge < -0.3 is 23.9 Å². The molecule has 0 amide bonds. The van der Waals surface area contributed by atoms with Crippen LogP contribution >= 0.6 is 0 Å². The summed E-state index contributed by atoms with van der Waals surface area (Å²) in [5, 5.41) is 10.6. The topological polar surface area (TPSA) is 87.0 Å². The molecule has 0 radical (unpaired) electrons. The molecule has 0 aliphatic rings. The number of nitrogens with zero attached hydrogens (tertiary/aromatic N) is 1. The van der Waals surface area contributed by atoms with Gasteiger partial charge in [-0.1, -0.05) is 0 Å². The van der Waals surface area contributed by atoms with Crippen LogP contribution in [0.2, 0.25) is 0 Å². The second-order valence-electron chi connectivity index (χ2n) is 7.22. The molecule has 0 bridgehead atoms. The third-order valence-electron chi connectivity index (χ3n) is 4.61. The van der Waals surface area contributed by atoms with Gasteiger partial charge in [-0.3, -0.25) is 4.79 Å². The fraction of sp³-hybridized carbons (Fsp3) is 0.333. The Labute approximate surface area is 181 Å². The number of benzene rings is 2. The molecule has 2 aromatic carbocycles. The number of ether oxygens (including phenoxy) is 3. The van der Waals surface area contributed by atoms with Crippen molar-refractivity contribution in [3.63, 3.8) is 0 Å². The van der Waals surface area contributed by atoms with Crippen LogP contribution in [0.5, 0.6) is 11.5 Å². The molecule has 0 aliphatic heterocycles. The molecule has 0 spiro atoms. The van der Waals surface area contributed by atoms with Gasteiger partial charge in [-0.15, -0.1) is 0 Å². The van der Waals surface area contributed by atoms with E-state index in [1.807, 2.05) is 42.7 Å². The fourth-order valence-electron chi connectivity index (χ4n) is 3.52. The minimum absolute atomic E-state index is 0.0126. The van der Waals surface area contributed by atoms with Crippen molar-refractivity contribution in [1.82, 2.24) is 4.57 Å². The Bertz CT molecular complexity index is 1080. The van der Waals surface area contributed by atoms with Crippen LogP contribution in [0.1, 0.15) is 43.7 Å². The normalized spacial score (nSPS) is 11.0. The number of hydrogen-bond donors (Lipinski definition) is 1. The number of rotatable bonds is 8. The first-order chi connectivity index (χ1) is 14.8. The first kappa shape index (κ1) is 22.2. The van der Waals surface area contributed by atoms with Crippen LogP contribution in [0.3, 0.4) is 0 Å². The van der Waals surface area contributed by atoms with Crippen molar-refractivity contribution in [1.29, 1.82) is 0 Å². The number of esters is 2. The highest BCUT2D eigenvalue weighted by atomic mass is 16.5. The third kappa shape index (κ3) is 4.82. The Morgan fingerprint density at radius 2 is 1.68 bits per heavy atom. The SMILES string of the molecule is CCOC(=O)Cc1c(C(=O)OCC)c2cc(O)ccc2n1-c1ccc(OC(C)C)cc1. The highest BCUT2D eigenvalue weighted by Gasteiger charge is 2.26. The lowest BCUT2D eigenvalue weighted by atomic mass is 10.1. The van der Waals surface area contributed by atoms with Crippen molar-refractivity contribution >= 4 is 22.8 Å². The maximum absolute atomic E-state index is 12.9. The lowest BCUT2D eigenvalue weighted by Crippen LogP contribution is -2.15. The summed E-state index contributed by atoms with van der Waals surface area (Å²) in [5.74, 6) is -0.291. The van der Waals surface area contributed by atoms with Gasteiger partial charge in [0.2, 0.25) is 0 Å². The Kier molecular flexibility index (Phi) is 6.84. The minimum atomic E-state index is -0.559. The molecule has 31 heavy (non-hydrogen) atoms. The van der Waals surface area contributed by atoms with Gasteiger partial charge in [0.05, 0.1) is 36.8 Å². The molecular weight excluding hydrogens is 398 g/mol. The predicted molar refractivity (Wildman–Crippen MR) is 117 cm³/mol. The van der Waals surface area contributed by atoms with Gasteiger partial charge in [-0.25, -0.2) is 4.79 Å². The monoisotopic (exact) mass is 425 g/mol. The second kappa shape index (κ2) is 9.55. The van der Waals surface area contributed by atoms with Gasteiger partial charge in [0.25, 0.3) is 0 Å². The molecule has 3 rings (SSSR count). The molecule has 0 aliphatic carbocycles. The van der Waals surface area contributed by atoms with Crippen LogP contribution < -0.4 is 4.74 Å². The lowest BCUT2D eigenvalue weighted by Gasteiger charge is -2.14. The number of carbonyl (C=O) groups is 2. The summed E-state index contributed by atoms with van der Waals surface area (Å²) in [6.07, 6.45) is -0.0854. The van der Waals surface area contributed by atoms with Gasteiger partial charge in [0.15, 0.2) is 0 Å². The second-order valence-corrected chi connectivity index (χ2v) is 7.22. The summed E-state index contributed by atoms with van der Waals surface area (Å²) in [6.45, 7) is 7.75. The molecular formula is C24H27NO6. The van der Waals surface area contributed by atoms with Crippen LogP contribution in [0.25, 0.3) is 16.6 Å². The summed E-state index contributed by atoms with van der Waals surface area (Å²) in [7, 11) is 0. The maximum atomic E-state index is 12.9. The number of aromatic nitrogens is 1. The first-order valence-corrected chi connectivity index (χ1v) is 10.3. The van der Waals surface area contributed by atoms with Crippen molar-refractivity contribution in [2.45, 2.75) is 40.2 Å². The highest BCUT2D eigenvalue weighted by molar-refractivity contribution is 6.07. The number of hydrogen-bond acceptors (Lipinski definition) is 6. The van der Waals surface area contributed by atoms with Crippen LogP contribution in [-0.2, 0) is 20.7 Å². The predicted octanol–water partition coefficient (Wildman–Crippen LogP) is 4.41. The zero-order valence-electron chi connectivity index (χ0n) is 18.2. The van der Waals surface area contributed by atoms with E-state index in [1.54, 1.807) is 19.9 Å². The van der Waals surface area contributed by atoms with Crippen LogP contribution in [0.4, 0.5) is 0 Å². The zero-order chi connectivity index (χ0) is 22.5. The van der Waals surface area contributed by atoms with E-state index in [-0.39, 0.29) is 37.1 Å². The minimum Gasteiger partial charge on any atom is -0.508 e. The van der Waals surface area contributed by atoms with E-state index in [0.29, 0.717) is 22.3 Å². The van der Waals surface area contributed by atoms with E-state index < -0.39 is 11.9 Å². The maximum Gasteiger partial charge on any atom is 0.340 e.